The molecule has 0 amide bonds. The Morgan fingerprint density at radius 1 is 1.23 bits per heavy atom. The van der Waals surface area contributed by atoms with E-state index in [4.69, 9.17) is 9.47 Å². The first kappa shape index (κ1) is 20.6. The van der Waals surface area contributed by atoms with Crippen LogP contribution in [0.5, 0.6) is 5.75 Å². The SMILES string of the molecule is CCC=CCCC1(O)C=C(OC)c2ccc(C(C)C(C)CCC)cc2O1. The van der Waals surface area contributed by atoms with Gasteiger partial charge in [-0.3, -0.25) is 0 Å². The van der Waals surface area contributed by atoms with Gasteiger partial charge in [-0.2, -0.15) is 0 Å². The van der Waals surface area contributed by atoms with Gasteiger partial charge in [0, 0.05) is 12.5 Å². The van der Waals surface area contributed by atoms with Crippen molar-refractivity contribution in [3.63, 3.8) is 0 Å². The highest BCUT2D eigenvalue weighted by Crippen LogP contribution is 2.40. The molecule has 1 aromatic carbocycles. The Bertz CT molecular complexity index is 647. The number of hydrogen-bond donors (Lipinski definition) is 1. The molecule has 0 bridgehead atoms. The van der Waals surface area contributed by atoms with Gasteiger partial charge < -0.3 is 14.6 Å². The molecule has 0 aromatic heterocycles. The summed E-state index contributed by atoms with van der Waals surface area (Å²) in [5.74, 6) is 1.11. The first-order valence-corrected chi connectivity index (χ1v) is 9.91. The Kier molecular flexibility index (Phi) is 7.33. The Morgan fingerprint density at radius 3 is 2.65 bits per heavy atom. The lowest BCUT2D eigenvalue weighted by atomic mass is 9.85. The van der Waals surface area contributed by atoms with Crippen LogP contribution in [0.25, 0.3) is 5.76 Å². The van der Waals surface area contributed by atoms with Crippen LogP contribution in [-0.2, 0) is 4.74 Å². The third kappa shape index (κ3) is 4.91. The number of benzene rings is 1. The van der Waals surface area contributed by atoms with Gasteiger partial charge in [0.25, 0.3) is 0 Å². The molecule has 3 nitrogen and oxygen atoms in total. The number of aliphatic hydroxyl groups is 1. The minimum atomic E-state index is -1.33. The van der Waals surface area contributed by atoms with E-state index in [-0.39, 0.29) is 0 Å². The van der Waals surface area contributed by atoms with Crippen molar-refractivity contribution in [1.29, 1.82) is 0 Å². The predicted molar refractivity (Wildman–Crippen MR) is 108 cm³/mol. The van der Waals surface area contributed by atoms with Gasteiger partial charge in [-0.15, -0.1) is 0 Å². The summed E-state index contributed by atoms with van der Waals surface area (Å²) in [6.45, 7) is 8.89. The van der Waals surface area contributed by atoms with Crippen LogP contribution in [-0.4, -0.2) is 18.0 Å². The third-order valence-corrected chi connectivity index (χ3v) is 5.33. The van der Waals surface area contributed by atoms with E-state index in [1.54, 1.807) is 13.2 Å². The minimum Gasteiger partial charge on any atom is -0.496 e. The van der Waals surface area contributed by atoms with E-state index in [1.807, 2.05) is 6.07 Å². The van der Waals surface area contributed by atoms with Crippen molar-refractivity contribution in [3.05, 3.63) is 47.6 Å². The molecule has 3 heteroatoms. The van der Waals surface area contributed by atoms with Gasteiger partial charge in [-0.1, -0.05) is 58.8 Å². The summed E-state index contributed by atoms with van der Waals surface area (Å²) in [6.07, 6.45) is 10.5. The molecule has 0 saturated heterocycles. The van der Waals surface area contributed by atoms with E-state index in [0.717, 1.165) is 18.4 Å². The summed E-state index contributed by atoms with van der Waals surface area (Å²) in [4.78, 5) is 0. The third-order valence-electron chi connectivity index (χ3n) is 5.33. The van der Waals surface area contributed by atoms with Crippen LogP contribution in [0, 0.1) is 5.92 Å². The molecule has 0 fully saturated rings. The Labute approximate surface area is 158 Å². The van der Waals surface area contributed by atoms with Crippen LogP contribution in [0.3, 0.4) is 0 Å². The molecule has 2 rings (SSSR count). The Hall–Kier alpha value is -1.74. The molecule has 26 heavy (non-hydrogen) atoms. The van der Waals surface area contributed by atoms with Crippen molar-refractivity contribution in [3.8, 4) is 5.75 Å². The van der Waals surface area contributed by atoms with Crippen molar-refractivity contribution >= 4 is 5.76 Å². The average Bonchev–Trinajstić information content (AvgIpc) is 2.63. The zero-order chi connectivity index (χ0) is 19.2. The van der Waals surface area contributed by atoms with Crippen molar-refractivity contribution in [2.45, 2.75) is 71.5 Å². The molecule has 0 aliphatic carbocycles. The summed E-state index contributed by atoms with van der Waals surface area (Å²) in [6, 6.07) is 6.27. The summed E-state index contributed by atoms with van der Waals surface area (Å²) in [5, 5.41) is 10.9. The molecule has 0 spiro atoms. The molecule has 1 aliphatic heterocycles. The molecule has 1 heterocycles. The van der Waals surface area contributed by atoms with Gasteiger partial charge in [-0.05, 0) is 42.4 Å². The zero-order valence-electron chi connectivity index (χ0n) is 16.9. The number of ether oxygens (including phenoxy) is 2. The predicted octanol–water partition coefficient (Wildman–Crippen LogP) is 6.04. The first-order valence-electron chi connectivity index (χ1n) is 9.91. The molecule has 0 saturated carbocycles. The van der Waals surface area contributed by atoms with E-state index >= 15 is 0 Å². The highest BCUT2D eigenvalue weighted by Gasteiger charge is 2.34. The second-order valence-corrected chi connectivity index (χ2v) is 7.39. The van der Waals surface area contributed by atoms with Crippen LogP contribution in [0.15, 0.2) is 36.4 Å². The van der Waals surface area contributed by atoms with Crippen molar-refractivity contribution in [1.82, 2.24) is 0 Å². The second-order valence-electron chi connectivity index (χ2n) is 7.39. The number of rotatable bonds is 9. The fourth-order valence-electron chi connectivity index (χ4n) is 3.51. The summed E-state index contributed by atoms with van der Waals surface area (Å²) < 4.78 is 11.6. The largest absolute Gasteiger partial charge is 0.496 e. The van der Waals surface area contributed by atoms with E-state index in [0.29, 0.717) is 29.8 Å². The fourth-order valence-corrected chi connectivity index (χ4v) is 3.51. The standard InChI is InChI=1S/C23H34O3/c1-6-8-9-10-14-23(24)16-22(25-5)20-13-12-19(15-21(20)26-23)18(4)17(3)11-7-2/h8-9,12-13,15-18,24H,6-7,10-11,14H2,1-5H3. The fraction of sp³-hybridized carbons (Fsp3) is 0.565. The first-order chi connectivity index (χ1) is 12.4. The highest BCUT2D eigenvalue weighted by molar-refractivity contribution is 5.69. The maximum Gasteiger partial charge on any atom is 0.232 e. The average molecular weight is 359 g/mol. The van der Waals surface area contributed by atoms with Gasteiger partial charge in [-0.25, -0.2) is 0 Å². The van der Waals surface area contributed by atoms with Crippen molar-refractivity contribution in [2.24, 2.45) is 5.92 Å². The minimum absolute atomic E-state index is 0.446. The van der Waals surface area contributed by atoms with Crippen LogP contribution < -0.4 is 4.74 Å². The molecule has 1 aliphatic rings. The van der Waals surface area contributed by atoms with Gasteiger partial charge in [0.15, 0.2) is 0 Å². The van der Waals surface area contributed by atoms with Crippen LogP contribution in [0.1, 0.15) is 76.8 Å². The van der Waals surface area contributed by atoms with E-state index in [2.05, 4.69) is 52.0 Å². The number of allylic oxidation sites excluding steroid dienone is 2. The lowest BCUT2D eigenvalue weighted by Crippen LogP contribution is -2.36. The quantitative estimate of drug-likeness (QED) is 0.547. The molecule has 1 N–H and O–H groups in total. The molecule has 1 aromatic rings. The van der Waals surface area contributed by atoms with Gasteiger partial charge in [0.05, 0.1) is 12.7 Å². The molecule has 0 radical (unpaired) electrons. The van der Waals surface area contributed by atoms with Gasteiger partial charge >= 0.3 is 0 Å². The van der Waals surface area contributed by atoms with Crippen LogP contribution in [0.2, 0.25) is 0 Å². The maximum absolute atomic E-state index is 10.9. The topological polar surface area (TPSA) is 38.7 Å². The van der Waals surface area contributed by atoms with E-state index in [1.165, 1.54) is 18.4 Å². The summed E-state index contributed by atoms with van der Waals surface area (Å²) in [7, 11) is 1.64. The van der Waals surface area contributed by atoms with E-state index in [9.17, 15) is 5.11 Å². The molecule has 3 unspecified atom stereocenters. The number of fused-ring (bicyclic) bond motifs is 1. The van der Waals surface area contributed by atoms with Crippen molar-refractivity contribution in [2.75, 3.05) is 7.11 Å². The molecule has 3 atom stereocenters. The van der Waals surface area contributed by atoms with Gasteiger partial charge in [0.2, 0.25) is 5.79 Å². The highest BCUT2D eigenvalue weighted by atomic mass is 16.6. The normalized spacial score (nSPS) is 21.7. The molecular weight excluding hydrogens is 324 g/mol. The number of methoxy groups -OCH3 is 1. The van der Waals surface area contributed by atoms with Crippen molar-refractivity contribution < 1.29 is 14.6 Å². The van der Waals surface area contributed by atoms with Crippen LogP contribution >= 0.6 is 0 Å². The second kappa shape index (κ2) is 9.27. The zero-order valence-corrected chi connectivity index (χ0v) is 16.9. The summed E-state index contributed by atoms with van der Waals surface area (Å²) in [5.41, 5.74) is 2.15. The van der Waals surface area contributed by atoms with E-state index < -0.39 is 5.79 Å². The monoisotopic (exact) mass is 358 g/mol. The lowest BCUT2D eigenvalue weighted by molar-refractivity contribution is -0.102. The maximum atomic E-state index is 10.9. The summed E-state index contributed by atoms with van der Waals surface area (Å²) >= 11 is 0. The smallest absolute Gasteiger partial charge is 0.232 e. The Balaban J connectivity index is 2.26. The molecule has 144 valence electrons. The lowest BCUT2D eigenvalue weighted by Gasteiger charge is -2.32. The Morgan fingerprint density at radius 2 is 2.00 bits per heavy atom. The molecular formula is C23H34O3. The number of hydrogen-bond acceptors (Lipinski definition) is 3. The van der Waals surface area contributed by atoms with Gasteiger partial charge in [0.1, 0.15) is 11.5 Å². The van der Waals surface area contributed by atoms with Crippen LogP contribution in [0.4, 0.5) is 0 Å².